The smallest absolute Gasteiger partial charge is 0.164 e. The first-order valence-electron chi connectivity index (χ1n) is 6.25. The van der Waals surface area contributed by atoms with Crippen molar-refractivity contribution in [3.8, 4) is 0 Å². The molecule has 2 aromatic heterocycles. The van der Waals surface area contributed by atoms with Crippen molar-refractivity contribution in [1.82, 2.24) is 19.5 Å². The minimum absolute atomic E-state index is 0.0632. The molecule has 2 aromatic rings. The van der Waals surface area contributed by atoms with Crippen LogP contribution in [-0.2, 0) is 0 Å². The van der Waals surface area contributed by atoms with Gasteiger partial charge in [-0.3, -0.25) is 0 Å². The lowest BCUT2D eigenvalue weighted by molar-refractivity contribution is 0.132. The number of rotatable bonds is 3. The molecule has 0 spiro atoms. The van der Waals surface area contributed by atoms with Gasteiger partial charge in [0.05, 0.1) is 18.5 Å². The van der Waals surface area contributed by atoms with Crippen molar-refractivity contribution in [3.05, 3.63) is 12.7 Å². The number of aromatic nitrogens is 4. The lowest BCUT2D eigenvalue weighted by Crippen LogP contribution is -2.17. The molecule has 0 saturated heterocycles. The van der Waals surface area contributed by atoms with Crippen molar-refractivity contribution in [3.63, 3.8) is 0 Å². The lowest BCUT2D eigenvalue weighted by Gasteiger charge is -2.16. The Morgan fingerprint density at radius 3 is 2.89 bits per heavy atom. The van der Waals surface area contributed by atoms with Gasteiger partial charge in [0, 0.05) is 6.61 Å². The molecule has 0 aromatic carbocycles. The summed E-state index contributed by atoms with van der Waals surface area (Å²) in [5.74, 6) is 0.152. The Kier molecular flexibility index (Phi) is 3.42. The van der Waals surface area contributed by atoms with Gasteiger partial charge in [-0.05, 0) is 25.0 Å². The summed E-state index contributed by atoms with van der Waals surface area (Å²) in [6.45, 7) is 0.116. The highest BCUT2D eigenvalue weighted by atomic mass is 32.2. The maximum atomic E-state index is 10.1. The third-order valence-electron chi connectivity index (χ3n) is 3.73. The second-order valence-electron chi connectivity index (χ2n) is 4.86. The van der Waals surface area contributed by atoms with Gasteiger partial charge in [0.1, 0.15) is 16.9 Å². The van der Waals surface area contributed by atoms with Crippen LogP contribution < -0.4 is 0 Å². The van der Waals surface area contributed by atoms with Crippen LogP contribution in [0.25, 0.3) is 11.2 Å². The van der Waals surface area contributed by atoms with Gasteiger partial charge >= 0.3 is 0 Å². The fraction of sp³-hybridized carbons (Fsp3) is 0.583. The van der Waals surface area contributed by atoms with E-state index in [-0.39, 0.29) is 18.6 Å². The second-order valence-corrected chi connectivity index (χ2v) is 5.66. The summed E-state index contributed by atoms with van der Waals surface area (Å²) in [5.41, 5.74) is 1.52. The molecule has 0 amide bonds. The van der Waals surface area contributed by atoms with Gasteiger partial charge < -0.3 is 14.8 Å². The third-order valence-corrected chi connectivity index (χ3v) is 4.41. The van der Waals surface area contributed by atoms with Crippen LogP contribution in [0.1, 0.15) is 18.9 Å². The first-order valence-corrected chi connectivity index (χ1v) is 7.47. The Hall–Kier alpha value is -1.18. The van der Waals surface area contributed by atoms with Gasteiger partial charge in [0.2, 0.25) is 0 Å². The maximum Gasteiger partial charge on any atom is 0.164 e. The molecule has 0 bridgehead atoms. The van der Waals surface area contributed by atoms with Crippen molar-refractivity contribution >= 4 is 22.9 Å². The highest BCUT2D eigenvalue weighted by molar-refractivity contribution is 7.98. The normalized spacial score (nSPS) is 27.2. The molecule has 7 heteroatoms. The molecule has 1 aliphatic rings. The van der Waals surface area contributed by atoms with E-state index < -0.39 is 6.10 Å². The predicted octanol–water partition coefficient (Wildman–Crippen LogP) is 0.852. The number of fused-ring (bicyclic) bond motifs is 1. The fourth-order valence-electron chi connectivity index (χ4n) is 2.76. The summed E-state index contributed by atoms with van der Waals surface area (Å²) < 4.78 is 1.91. The first kappa shape index (κ1) is 12.8. The van der Waals surface area contributed by atoms with E-state index in [2.05, 4.69) is 15.0 Å². The SMILES string of the molecule is CSc1ncnc2c1ncn2C1CC(CO)CC1O. The Morgan fingerprint density at radius 1 is 1.37 bits per heavy atom. The topological polar surface area (TPSA) is 84.1 Å². The molecule has 0 radical (unpaired) electrons. The van der Waals surface area contributed by atoms with Gasteiger partial charge in [-0.25, -0.2) is 15.0 Å². The Labute approximate surface area is 114 Å². The van der Waals surface area contributed by atoms with Crippen LogP contribution in [0.15, 0.2) is 17.7 Å². The summed E-state index contributed by atoms with van der Waals surface area (Å²) in [4.78, 5) is 12.8. The first-order chi connectivity index (χ1) is 9.24. The third kappa shape index (κ3) is 2.11. The molecule has 1 fully saturated rings. The van der Waals surface area contributed by atoms with Crippen molar-refractivity contribution in [2.75, 3.05) is 12.9 Å². The summed E-state index contributed by atoms with van der Waals surface area (Å²) in [7, 11) is 0. The van der Waals surface area contributed by atoms with Crippen LogP contribution in [0, 0.1) is 5.92 Å². The van der Waals surface area contributed by atoms with Gasteiger partial charge in [0.15, 0.2) is 5.65 Å². The number of hydrogen-bond donors (Lipinski definition) is 2. The average molecular weight is 280 g/mol. The van der Waals surface area contributed by atoms with Gasteiger partial charge in [0.25, 0.3) is 0 Å². The fourth-order valence-corrected chi connectivity index (χ4v) is 3.25. The van der Waals surface area contributed by atoms with E-state index in [1.807, 2.05) is 10.8 Å². The number of aliphatic hydroxyl groups excluding tert-OH is 2. The van der Waals surface area contributed by atoms with Crippen molar-refractivity contribution in [1.29, 1.82) is 0 Å². The van der Waals surface area contributed by atoms with Crippen LogP contribution in [0.5, 0.6) is 0 Å². The molecule has 2 heterocycles. The van der Waals surface area contributed by atoms with E-state index in [0.29, 0.717) is 6.42 Å². The summed E-state index contributed by atoms with van der Waals surface area (Å²) in [6.07, 6.45) is 6.11. The van der Waals surface area contributed by atoms with E-state index in [0.717, 1.165) is 22.6 Å². The maximum absolute atomic E-state index is 10.1. The molecule has 1 aliphatic carbocycles. The minimum Gasteiger partial charge on any atom is -0.396 e. The monoisotopic (exact) mass is 280 g/mol. The zero-order valence-electron chi connectivity index (χ0n) is 10.6. The molecule has 3 unspecified atom stereocenters. The van der Waals surface area contributed by atoms with E-state index in [9.17, 15) is 10.2 Å². The summed E-state index contributed by atoms with van der Waals surface area (Å²) >= 11 is 1.53. The number of aliphatic hydroxyl groups is 2. The number of hydrogen-bond acceptors (Lipinski definition) is 6. The van der Waals surface area contributed by atoms with Gasteiger partial charge in [-0.1, -0.05) is 0 Å². The molecule has 3 atom stereocenters. The zero-order valence-corrected chi connectivity index (χ0v) is 11.4. The second kappa shape index (κ2) is 5.07. The van der Waals surface area contributed by atoms with Gasteiger partial charge in [-0.15, -0.1) is 11.8 Å². The molecule has 19 heavy (non-hydrogen) atoms. The van der Waals surface area contributed by atoms with Crippen LogP contribution in [0.2, 0.25) is 0 Å². The van der Waals surface area contributed by atoms with E-state index in [1.54, 1.807) is 6.33 Å². The Morgan fingerprint density at radius 2 is 2.21 bits per heavy atom. The van der Waals surface area contributed by atoms with Crippen molar-refractivity contribution < 1.29 is 10.2 Å². The van der Waals surface area contributed by atoms with E-state index in [1.165, 1.54) is 18.1 Å². The molecule has 102 valence electrons. The van der Waals surface area contributed by atoms with Crippen LogP contribution in [0.4, 0.5) is 0 Å². The van der Waals surface area contributed by atoms with E-state index in [4.69, 9.17) is 0 Å². The molecule has 0 aliphatic heterocycles. The molecular formula is C12H16N4O2S. The number of nitrogens with zero attached hydrogens (tertiary/aromatic N) is 4. The van der Waals surface area contributed by atoms with E-state index >= 15 is 0 Å². The quantitative estimate of drug-likeness (QED) is 0.640. The van der Waals surface area contributed by atoms with Crippen molar-refractivity contribution in [2.45, 2.75) is 30.0 Å². The van der Waals surface area contributed by atoms with Crippen LogP contribution in [0.3, 0.4) is 0 Å². The molecule has 3 rings (SSSR count). The van der Waals surface area contributed by atoms with Crippen LogP contribution >= 0.6 is 11.8 Å². The predicted molar refractivity (Wildman–Crippen MR) is 72.0 cm³/mol. The number of imidazole rings is 1. The van der Waals surface area contributed by atoms with Gasteiger partial charge in [-0.2, -0.15) is 0 Å². The standard InChI is InChI=1S/C12H16N4O2S/c1-19-12-10-11(13-5-14-12)16(6-15-10)8-2-7(4-17)3-9(8)18/h5-9,17-18H,2-4H2,1H3. The van der Waals surface area contributed by atoms with Crippen molar-refractivity contribution in [2.24, 2.45) is 5.92 Å². The lowest BCUT2D eigenvalue weighted by atomic mass is 10.1. The summed E-state index contributed by atoms with van der Waals surface area (Å²) in [5, 5.41) is 20.2. The molecule has 6 nitrogen and oxygen atoms in total. The largest absolute Gasteiger partial charge is 0.396 e. The number of thioether (sulfide) groups is 1. The molecule has 1 saturated carbocycles. The minimum atomic E-state index is -0.456. The van der Waals surface area contributed by atoms with Crippen LogP contribution in [-0.4, -0.2) is 48.7 Å². The summed E-state index contributed by atoms with van der Waals surface area (Å²) in [6, 6.07) is -0.0632. The Balaban J connectivity index is 2.02. The highest BCUT2D eigenvalue weighted by Gasteiger charge is 2.34. The molecular weight excluding hydrogens is 264 g/mol. The average Bonchev–Trinajstić information content (AvgIpc) is 3.01. The zero-order chi connectivity index (χ0) is 13.4. The molecule has 2 N–H and O–H groups in total. The Bertz CT molecular complexity index is 588. The highest BCUT2D eigenvalue weighted by Crippen LogP contribution is 2.36.